The lowest BCUT2D eigenvalue weighted by Gasteiger charge is -2.07. The maximum atomic E-state index is 11.8. The van der Waals surface area contributed by atoms with Crippen molar-refractivity contribution in [3.63, 3.8) is 0 Å². The van der Waals surface area contributed by atoms with Crippen molar-refractivity contribution in [3.05, 3.63) is 72.3 Å². The molecule has 110 valence electrons. The van der Waals surface area contributed by atoms with E-state index in [0.717, 1.165) is 5.69 Å². The summed E-state index contributed by atoms with van der Waals surface area (Å²) in [6.07, 6.45) is 3.06. The van der Waals surface area contributed by atoms with E-state index < -0.39 is 0 Å². The minimum atomic E-state index is -0.300. The number of hydrogen-bond acceptors (Lipinski definition) is 4. The topological polar surface area (TPSA) is 67.2 Å². The molecule has 0 radical (unpaired) electrons. The van der Waals surface area contributed by atoms with Crippen LogP contribution in [0.4, 0.5) is 17.2 Å². The highest BCUT2D eigenvalue weighted by atomic mass is 16.3. The second-order valence-corrected chi connectivity index (χ2v) is 4.86. The van der Waals surface area contributed by atoms with Gasteiger partial charge in [0, 0.05) is 5.69 Å². The van der Waals surface area contributed by atoms with Crippen LogP contribution >= 0.6 is 0 Å². The van der Waals surface area contributed by atoms with Gasteiger partial charge in [-0.25, -0.2) is 4.98 Å². The first-order valence-electron chi connectivity index (χ1n) is 6.85. The maximum Gasteiger partial charge on any atom is 0.291 e. The smallest absolute Gasteiger partial charge is 0.291 e. The zero-order chi connectivity index (χ0) is 15.4. The number of hydrogen-bond donors (Lipinski definition) is 2. The minimum absolute atomic E-state index is 0.266. The van der Waals surface area contributed by atoms with Gasteiger partial charge in [0.15, 0.2) is 5.76 Å². The van der Waals surface area contributed by atoms with E-state index in [1.807, 2.05) is 31.2 Å². The molecule has 5 heteroatoms. The molecule has 0 saturated heterocycles. The maximum absolute atomic E-state index is 11.8. The van der Waals surface area contributed by atoms with Crippen LogP contribution < -0.4 is 10.6 Å². The number of aromatic nitrogens is 1. The zero-order valence-electron chi connectivity index (χ0n) is 12.0. The summed E-state index contributed by atoms with van der Waals surface area (Å²) >= 11 is 0. The van der Waals surface area contributed by atoms with Gasteiger partial charge in [-0.2, -0.15) is 0 Å². The number of pyridine rings is 1. The third-order valence-corrected chi connectivity index (χ3v) is 3.06. The molecule has 0 aliphatic carbocycles. The second kappa shape index (κ2) is 6.13. The van der Waals surface area contributed by atoms with Crippen molar-refractivity contribution in [3.8, 4) is 0 Å². The minimum Gasteiger partial charge on any atom is -0.459 e. The fourth-order valence-electron chi connectivity index (χ4n) is 2.01. The first-order valence-corrected chi connectivity index (χ1v) is 6.85. The highest BCUT2D eigenvalue weighted by Gasteiger charge is 2.08. The van der Waals surface area contributed by atoms with Crippen LogP contribution in [0.15, 0.2) is 65.4 Å². The summed E-state index contributed by atoms with van der Waals surface area (Å²) in [6, 6.07) is 14.9. The lowest BCUT2D eigenvalue weighted by molar-refractivity contribution is 0.0996. The number of aryl methyl sites for hydroxylation is 1. The molecule has 0 unspecified atom stereocenters. The average molecular weight is 293 g/mol. The molecule has 0 spiro atoms. The molecule has 2 aromatic heterocycles. The summed E-state index contributed by atoms with van der Waals surface area (Å²) in [4.78, 5) is 16.1. The molecule has 2 N–H and O–H groups in total. The van der Waals surface area contributed by atoms with Crippen LogP contribution in [0.1, 0.15) is 16.1 Å². The van der Waals surface area contributed by atoms with Crippen molar-refractivity contribution in [1.82, 2.24) is 4.98 Å². The molecule has 0 aliphatic heterocycles. The molecule has 3 rings (SSSR count). The Morgan fingerprint density at radius 1 is 1.09 bits per heavy atom. The zero-order valence-corrected chi connectivity index (χ0v) is 12.0. The van der Waals surface area contributed by atoms with Gasteiger partial charge >= 0.3 is 0 Å². The molecule has 0 fully saturated rings. The van der Waals surface area contributed by atoms with E-state index in [9.17, 15) is 4.79 Å². The predicted octanol–water partition coefficient (Wildman–Crippen LogP) is 3.98. The number of furan rings is 1. The largest absolute Gasteiger partial charge is 0.459 e. The van der Waals surface area contributed by atoms with Crippen molar-refractivity contribution >= 4 is 23.1 Å². The fraction of sp³-hybridized carbons (Fsp3) is 0.0588. The lowest BCUT2D eigenvalue weighted by Crippen LogP contribution is -2.11. The van der Waals surface area contributed by atoms with Crippen molar-refractivity contribution in [2.75, 3.05) is 10.6 Å². The van der Waals surface area contributed by atoms with Crippen LogP contribution in [0.3, 0.4) is 0 Å². The van der Waals surface area contributed by atoms with Gasteiger partial charge in [-0.05, 0) is 48.9 Å². The van der Waals surface area contributed by atoms with Gasteiger partial charge in [-0.1, -0.05) is 12.1 Å². The Kier molecular flexibility index (Phi) is 3.87. The summed E-state index contributed by atoms with van der Waals surface area (Å²) in [6.45, 7) is 2.03. The Balaban J connectivity index is 1.66. The second-order valence-electron chi connectivity index (χ2n) is 4.86. The van der Waals surface area contributed by atoms with Crippen molar-refractivity contribution < 1.29 is 9.21 Å². The SMILES string of the molecule is Cc1cccc(Nc2ccc(NC(=O)c3ccco3)cn2)c1. The summed E-state index contributed by atoms with van der Waals surface area (Å²) in [5.41, 5.74) is 2.75. The summed E-state index contributed by atoms with van der Waals surface area (Å²) < 4.78 is 5.04. The highest BCUT2D eigenvalue weighted by molar-refractivity contribution is 6.02. The van der Waals surface area contributed by atoms with Gasteiger partial charge in [-0.15, -0.1) is 0 Å². The van der Waals surface area contributed by atoms with E-state index in [4.69, 9.17) is 4.42 Å². The van der Waals surface area contributed by atoms with E-state index in [0.29, 0.717) is 11.5 Å². The molecule has 22 heavy (non-hydrogen) atoms. The van der Waals surface area contributed by atoms with Crippen LogP contribution in [0.5, 0.6) is 0 Å². The number of anilines is 3. The Morgan fingerprint density at radius 2 is 2.00 bits per heavy atom. The van der Waals surface area contributed by atoms with E-state index >= 15 is 0 Å². The van der Waals surface area contributed by atoms with E-state index in [2.05, 4.69) is 15.6 Å². The molecule has 0 saturated carbocycles. The van der Waals surface area contributed by atoms with Crippen molar-refractivity contribution in [1.29, 1.82) is 0 Å². The Hall–Kier alpha value is -3.08. The van der Waals surface area contributed by atoms with Gasteiger partial charge in [0.2, 0.25) is 0 Å². The number of nitrogens with zero attached hydrogens (tertiary/aromatic N) is 1. The molecule has 0 bridgehead atoms. The first-order chi connectivity index (χ1) is 10.7. The monoisotopic (exact) mass is 293 g/mol. The van der Waals surface area contributed by atoms with Gasteiger partial charge in [-0.3, -0.25) is 4.79 Å². The van der Waals surface area contributed by atoms with Crippen molar-refractivity contribution in [2.24, 2.45) is 0 Å². The molecule has 5 nitrogen and oxygen atoms in total. The van der Waals surface area contributed by atoms with Gasteiger partial charge in [0.05, 0.1) is 18.1 Å². The standard InChI is InChI=1S/C17H15N3O2/c1-12-4-2-5-13(10-12)19-16-8-7-14(11-18-16)20-17(21)15-6-3-9-22-15/h2-11H,1H3,(H,18,19)(H,20,21). The van der Waals surface area contributed by atoms with Crippen LogP contribution in [0.25, 0.3) is 0 Å². The number of carbonyl (C=O) groups is 1. The molecule has 0 atom stereocenters. The Labute approximate surface area is 128 Å². The molecule has 1 aromatic carbocycles. The van der Waals surface area contributed by atoms with Crippen LogP contribution in [0.2, 0.25) is 0 Å². The third kappa shape index (κ3) is 3.32. The molecular weight excluding hydrogens is 278 g/mol. The highest BCUT2D eigenvalue weighted by Crippen LogP contribution is 2.17. The molecule has 1 amide bonds. The van der Waals surface area contributed by atoms with Gasteiger partial charge in [0.25, 0.3) is 5.91 Å². The van der Waals surface area contributed by atoms with Crippen LogP contribution in [-0.2, 0) is 0 Å². The summed E-state index contributed by atoms with van der Waals surface area (Å²) in [5.74, 6) is 0.676. The first kappa shape index (κ1) is 13.9. The summed E-state index contributed by atoms with van der Waals surface area (Å²) in [7, 11) is 0. The van der Waals surface area contributed by atoms with E-state index in [1.54, 1.807) is 30.5 Å². The summed E-state index contributed by atoms with van der Waals surface area (Å²) in [5, 5.41) is 5.93. The van der Waals surface area contributed by atoms with E-state index in [1.165, 1.54) is 11.8 Å². The number of amides is 1. The van der Waals surface area contributed by atoms with Gasteiger partial charge < -0.3 is 15.1 Å². The predicted molar refractivity (Wildman–Crippen MR) is 85.4 cm³/mol. The van der Waals surface area contributed by atoms with Gasteiger partial charge in [0.1, 0.15) is 5.82 Å². The molecular formula is C17H15N3O2. The Morgan fingerprint density at radius 3 is 2.68 bits per heavy atom. The van der Waals surface area contributed by atoms with E-state index in [-0.39, 0.29) is 11.7 Å². The van der Waals surface area contributed by atoms with Crippen LogP contribution in [0, 0.1) is 6.92 Å². The quantitative estimate of drug-likeness (QED) is 0.763. The van der Waals surface area contributed by atoms with Crippen LogP contribution in [-0.4, -0.2) is 10.9 Å². The average Bonchev–Trinajstić information content (AvgIpc) is 3.04. The third-order valence-electron chi connectivity index (χ3n) is 3.06. The number of nitrogens with one attached hydrogen (secondary N) is 2. The number of carbonyl (C=O) groups excluding carboxylic acids is 1. The normalized spacial score (nSPS) is 10.2. The lowest BCUT2D eigenvalue weighted by atomic mass is 10.2. The van der Waals surface area contributed by atoms with Crippen molar-refractivity contribution in [2.45, 2.75) is 6.92 Å². The molecule has 0 aliphatic rings. The fourth-order valence-corrected chi connectivity index (χ4v) is 2.01. The Bertz CT molecular complexity index is 765. The molecule has 2 heterocycles. The number of rotatable bonds is 4. The molecule has 3 aromatic rings. The number of benzene rings is 1.